The molecule has 3 aromatic heterocycles. The maximum atomic E-state index is 7.11. The highest BCUT2D eigenvalue weighted by Crippen LogP contribution is 2.53. The fourth-order valence-corrected chi connectivity index (χ4v) is 13.7. The fraction of sp³-hybridized carbons (Fsp3) is 0. The summed E-state index contributed by atoms with van der Waals surface area (Å²) in [6.45, 7) is -0.226. The topological polar surface area (TPSA) is 34.5 Å². The largest absolute Gasteiger partial charge is 0.456 e. The summed E-state index contributed by atoms with van der Waals surface area (Å²) in [6, 6.07) is 87.4. The van der Waals surface area contributed by atoms with Crippen molar-refractivity contribution in [3.63, 3.8) is 0 Å². The van der Waals surface area contributed by atoms with Crippen molar-refractivity contribution in [3.8, 4) is 33.4 Å². The summed E-state index contributed by atoms with van der Waals surface area (Å²) in [7, 11) is 0. The van der Waals surface area contributed by atoms with E-state index in [-0.39, 0.29) is 6.85 Å². The van der Waals surface area contributed by atoms with Crippen molar-refractivity contribution in [3.05, 3.63) is 237 Å². The first kappa shape index (κ1) is 39.7. The monoisotopic (exact) mass is 950 g/mol. The quantitative estimate of drug-likeness (QED) is 0.101. The fourth-order valence-electron chi connectivity index (χ4n) is 13.7. The van der Waals surface area contributed by atoms with Crippen LogP contribution in [0.25, 0.3) is 142 Å². The van der Waals surface area contributed by atoms with Gasteiger partial charge >= 0.3 is 6.85 Å². The van der Waals surface area contributed by atoms with Gasteiger partial charge in [0.25, 0.3) is 0 Å². The van der Waals surface area contributed by atoms with Gasteiger partial charge in [-0.15, -0.1) is 0 Å². The van der Waals surface area contributed by atoms with Gasteiger partial charge in [-0.25, -0.2) is 0 Å². The molecule has 0 radical (unpaired) electrons. The average Bonchev–Trinajstić information content (AvgIpc) is 4.31. The van der Waals surface area contributed by atoms with Gasteiger partial charge in [0.1, 0.15) is 22.3 Å². The standard InChI is InChI=1S/C70H39BN2O2/c1-3-17-40(18-4-1)42-31-43(41-19-5-2-6-20-41)33-46(32-42)72-60-37-45-35-55-50-24-10-8-22-48(50)47-21-7-9-23-49(47)54(55)34-44(45)36-58(60)71-68-61(72)39-64-65(53-27-13-16-30-63(53)74-64)66(68)57-38-56-51-25-12-15-29-62(51)75-70(56)67-52-26-11-14-28-59(52)73(71)69(57)67/h1-39H. The molecular formula is C70H39BN2O2. The minimum atomic E-state index is -0.226. The molecule has 0 N–H and O–H groups in total. The average molecular weight is 951 g/mol. The number of rotatable bonds is 3. The van der Waals surface area contributed by atoms with Gasteiger partial charge in [-0.1, -0.05) is 170 Å². The first-order chi connectivity index (χ1) is 37.2. The molecule has 0 saturated carbocycles. The summed E-state index contributed by atoms with van der Waals surface area (Å²) < 4.78 is 16.8. The van der Waals surface area contributed by atoms with Crippen molar-refractivity contribution in [2.24, 2.45) is 0 Å². The van der Waals surface area contributed by atoms with Crippen LogP contribution in [0.4, 0.5) is 17.1 Å². The Labute approximate surface area is 429 Å². The number of fused-ring (bicyclic) bond motifs is 22. The van der Waals surface area contributed by atoms with Crippen LogP contribution in [0, 0.1) is 0 Å². The van der Waals surface area contributed by atoms with E-state index < -0.39 is 0 Å². The van der Waals surface area contributed by atoms with Gasteiger partial charge in [0, 0.05) is 66.7 Å². The maximum Gasteiger partial charge on any atom is 0.333 e. The van der Waals surface area contributed by atoms with Crippen LogP contribution in [0.2, 0.25) is 0 Å². The van der Waals surface area contributed by atoms with Gasteiger partial charge in [0.05, 0.1) is 5.39 Å². The summed E-state index contributed by atoms with van der Waals surface area (Å²) in [6.07, 6.45) is 0. The summed E-state index contributed by atoms with van der Waals surface area (Å²) in [5.41, 5.74) is 18.7. The molecule has 0 aliphatic carbocycles. The molecule has 0 amide bonds. The van der Waals surface area contributed by atoms with E-state index in [0.29, 0.717) is 0 Å². The first-order valence-electron chi connectivity index (χ1n) is 25.9. The zero-order chi connectivity index (χ0) is 48.6. The third kappa shape index (κ3) is 5.26. The summed E-state index contributed by atoms with van der Waals surface area (Å²) in [4.78, 5) is 2.57. The van der Waals surface area contributed by atoms with E-state index in [9.17, 15) is 0 Å². The molecule has 2 aliphatic rings. The first-order valence-corrected chi connectivity index (χ1v) is 25.9. The zero-order valence-corrected chi connectivity index (χ0v) is 40.3. The zero-order valence-electron chi connectivity index (χ0n) is 40.3. The van der Waals surface area contributed by atoms with E-state index in [1.54, 1.807) is 0 Å². The van der Waals surface area contributed by atoms with Crippen molar-refractivity contribution < 1.29 is 8.83 Å². The number of anilines is 3. The molecule has 4 nitrogen and oxygen atoms in total. The van der Waals surface area contributed by atoms with Crippen molar-refractivity contribution in [1.82, 2.24) is 4.48 Å². The van der Waals surface area contributed by atoms with Crippen LogP contribution in [0.3, 0.4) is 0 Å². The van der Waals surface area contributed by atoms with E-state index in [4.69, 9.17) is 8.83 Å². The molecule has 0 bridgehead atoms. The molecule has 75 heavy (non-hydrogen) atoms. The SMILES string of the molecule is c1ccc(-c2cc(-c3ccccc3)cc(N3c4cc5cc6c7ccccc7c7ccccc7c6cc5cc4B4c5c3cc3oc6ccccc6c3c5-c3cc5c6ccccc6oc5c5c6ccccc6n4c35)c2)cc1. The van der Waals surface area contributed by atoms with Crippen LogP contribution in [0.5, 0.6) is 0 Å². The number of benzene rings is 13. The van der Waals surface area contributed by atoms with Crippen LogP contribution < -0.4 is 15.8 Å². The normalized spacial score (nSPS) is 13.0. The summed E-state index contributed by atoms with van der Waals surface area (Å²) in [5, 5.41) is 16.8. The van der Waals surface area contributed by atoms with Gasteiger partial charge in [0.2, 0.25) is 0 Å². The van der Waals surface area contributed by atoms with E-state index in [2.05, 4.69) is 246 Å². The Morgan fingerprint density at radius 2 is 0.893 bits per heavy atom. The third-order valence-electron chi connectivity index (χ3n) is 16.8. The van der Waals surface area contributed by atoms with Crippen molar-refractivity contribution in [2.45, 2.75) is 0 Å². The second-order valence-corrected chi connectivity index (χ2v) is 20.7. The Bertz CT molecular complexity index is 5140. The molecule has 0 fully saturated rings. The second kappa shape index (κ2) is 14.4. The number of furan rings is 2. The number of aromatic nitrogens is 1. The molecule has 5 heteroatoms. The van der Waals surface area contributed by atoms with E-state index in [1.165, 1.54) is 81.6 Å². The van der Waals surface area contributed by atoms with E-state index in [1.807, 2.05) is 0 Å². The lowest BCUT2D eigenvalue weighted by atomic mass is 9.44. The summed E-state index contributed by atoms with van der Waals surface area (Å²) in [5.74, 6) is 0. The Morgan fingerprint density at radius 1 is 0.347 bits per heavy atom. The molecule has 0 atom stereocenters. The van der Waals surface area contributed by atoms with Crippen molar-refractivity contribution in [1.29, 1.82) is 0 Å². The Balaban J connectivity index is 1.05. The third-order valence-corrected chi connectivity index (χ3v) is 16.8. The maximum absolute atomic E-state index is 7.11. The van der Waals surface area contributed by atoms with Crippen LogP contribution in [0.1, 0.15) is 0 Å². The van der Waals surface area contributed by atoms with Gasteiger partial charge < -0.3 is 18.2 Å². The van der Waals surface area contributed by atoms with Gasteiger partial charge in [0.15, 0.2) is 0 Å². The number of para-hydroxylation sites is 3. The second-order valence-electron chi connectivity index (χ2n) is 20.7. The molecule has 13 aromatic carbocycles. The van der Waals surface area contributed by atoms with Gasteiger partial charge in [-0.05, 0) is 142 Å². The Hall–Kier alpha value is -9.84. The van der Waals surface area contributed by atoms with Crippen LogP contribution in [0.15, 0.2) is 245 Å². The Kier molecular flexibility index (Phi) is 7.65. The molecule has 5 heterocycles. The van der Waals surface area contributed by atoms with Gasteiger partial charge in [-0.2, -0.15) is 0 Å². The predicted octanol–water partition coefficient (Wildman–Crippen LogP) is 18.0. The lowest BCUT2D eigenvalue weighted by Gasteiger charge is -2.41. The Morgan fingerprint density at radius 3 is 1.56 bits per heavy atom. The number of hydrogen-bond acceptors (Lipinski definition) is 3. The highest BCUT2D eigenvalue weighted by molar-refractivity contribution is 6.90. The van der Waals surface area contributed by atoms with Gasteiger partial charge in [-0.3, -0.25) is 0 Å². The molecule has 344 valence electrons. The molecule has 0 saturated heterocycles. The summed E-state index contributed by atoms with van der Waals surface area (Å²) >= 11 is 0. The van der Waals surface area contributed by atoms with Crippen LogP contribution in [-0.2, 0) is 0 Å². The van der Waals surface area contributed by atoms with Crippen LogP contribution in [-0.4, -0.2) is 11.3 Å². The molecule has 18 rings (SSSR count). The van der Waals surface area contributed by atoms with Crippen molar-refractivity contribution in [2.75, 3.05) is 4.90 Å². The molecule has 0 unspecified atom stereocenters. The highest BCUT2D eigenvalue weighted by atomic mass is 16.3. The van der Waals surface area contributed by atoms with E-state index >= 15 is 0 Å². The minimum Gasteiger partial charge on any atom is -0.456 e. The molecular weight excluding hydrogens is 912 g/mol. The molecule has 2 aliphatic heterocycles. The lowest BCUT2D eigenvalue weighted by Crippen LogP contribution is -2.56. The van der Waals surface area contributed by atoms with E-state index in [0.717, 1.165) is 88.6 Å². The number of hydrogen-bond donors (Lipinski definition) is 0. The molecule has 0 spiro atoms. The predicted molar refractivity (Wildman–Crippen MR) is 315 cm³/mol. The highest BCUT2D eigenvalue weighted by Gasteiger charge is 2.45. The molecule has 16 aromatic rings. The smallest absolute Gasteiger partial charge is 0.333 e. The van der Waals surface area contributed by atoms with Crippen LogP contribution >= 0.6 is 0 Å². The number of nitrogens with zero attached hydrogens (tertiary/aromatic N) is 2. The lowest BCUT2D eigenvalue weighted by molar-refractivity contribution is 0.669. The van der Waals surface area contributed by atoms with Crippen molar-refractivity contribution >= 4 is 144 Å². The minimum absolute atomic E-state index is 0.226.